The number of amides is 1. The molecule has 0 fully saturated rings. The Kier molecular flexibility index (Phi) is 5.10. The number of anilines is 1. The molecule has 0 aliphatic heterocycles. The molecule has 0 aliphatic rings. The fourth-order valence-electron chi connectivity index (χ4n) is 1.97. The van der Waals surface area contributed by atoms with Gasteiger partial charge in [-0.1, -0.05) is 54.1 Å². The molecule has 0 N–H and O–H groups in total. The zero-order valence-electron chi connectivity index (χ0n) is 11.9. The Bertz CT molecular complexity index is 682. The fourth-order valence-corrected chi connectivity index (χ4v) is 2.53. The monoisotopic (exact) mass is 317 g/mol. The van der Waals surface area contributed by atoms with Gasteiger partial charge in [0.2, 0.25) is 0 Å². The van der Waals surface area contributed by atoms with Crippen LogP contribution >= 0.6 is 24.2 Å². The maximum atomic E-state index is 12.5. The number of hydrogen-bond acceptors (Lipinski definition) is 2. The number of para-hydroxylation sites is 1. The van der Waals surface area contributed by atoms with Gasteiger partial charge in [0.05, 0.1) is 9.94 Å². The topological polar surface area (TPSA) is 20.3 Å². The van der Waals surface area contributed by atoms with Gasteiger partial charge in [0.15, 0.2) is 0 Å². The highest BCUT2D eigenvalue weighted by molar-refractivity contribution is 7.86. The summed E-state index contributed by atoms with van der Waals surface area (Å²) in [5, 5.41) is 0.365. The number of carbonyl (C=O) groups is 1. The van der Waals surface area contributed by atoms with Gasteiger partial charge in [-0.2, -0.15) is 0 Å². The van der Waals surface area contributed by atoms with Crippen molar-refractivity contribution >= 4 is 40.9 Å². The van der Waals surface area contributed by atoms with E-state index in [0.29, 0.717) is 5.03 Å². The van der Waals surface area contributed by atoms with Crippen molar-refractivity contribution in [2.24, 2.45) is 0 Å². The van der Waals surface area contributed by atoms with E-state index < -0.39 is 0 Å². The second-order valence-electron chi connectivity index (χ2n) is 4.68. The molecular weight excluding hydrogens is 302 g/mol. The normalized spacial score (nSPS) is 11.8. The second-order valence-corrected chi connectivity index (χ2v) is 5.50. The van der Waals surface area contributed by atoms with Crippen LogP contribution in [0.1, 0.15) is 11.1 Å². The molecule has 0 radical (unpaired) electrons. The van der Waals surface area contributed by atoms with Crippen molar-refractivity contribution in [3.8, 4) is 0 Å². The van der Waals surface area contributed by atoms with E-state index in [0.717, 1.165) is 16.8 Å². The first kappa shape index (κ1) is 15.7. The number of carbonyl (C=O) groups excluding carboxylic acids is 1. The minimum absolute atomic E-state index is 0.234. The van der Waals surface area contributed by atoms with Crippen molar-refractivity contribution in [2.45, 2.75) is 6.92 Å². The van der Waals surface area contributed by atoms with Gasteiger partial charge >= 0.3 is 0 Å². The Morgan fingerprint density at radius 1 is 1.05 bits per heavy atom. The van der Waals surface area contributed by atoms with Crippen molar-refractivity contribution in [1.29, 1.82) is 0 Å². The number of halogens is 1. The van der Waals surface area contributed by atoms with E-state index in [2.05, 4.69) is 12.6 Å². The van der Waals surface area contributed by atoms with Crippen LogP contribution in [0.5, 0.6) is 0 Å². The van der Waals surface area contributed by atoms with E-state index in [9.17, 15) is 4.79 Å². The van der Waals surface area contributed by atoms with E-state index >= 15 is 0 Å². The van der Waals surface area contributed by atoms with Crippen LogP contribution in [0.15, 0.2) is 59.5 Å². The van der Waals surface area contributed by atoms with Crippen molar-refractivity contribution in [3.63, 3.8) is 0 Å². The summed E-state index contributed by atoms with van der Waals surface area (Å²) in [6, 6.07) is 17.0. The summed E-state index contributed by atoms with van der Waals surface area (Å²) >= 11 is 10.7. The highest BCUT2D eigenvalue weighted by atomic mass is 35.5. The molecule has 0 saturated carbocycles. The molecule has 0 heterocycles. The molecule has 2 rings (SSSR count). The number of hydrogen-bond donors (Lipinski definition) is 1. The van der Waals surface area contributed by atoms with Crippen LogP contribution in [-0.2, 0) is 4.79 Å². The summed E-state index contributed by atoms with van der Waals surface area (Å²) < 4.78 is 0. The van der Waals surface area contributed by atoms with E-state index in [4.69, 9.17) is 11.6 Å². The first-order valence-electron chi connectivity index (χ1n) is 6.50. The first-order chi connectivity index (χ1) is 10.0. The summed E-state index contributed by atoms with van der Waals surface area (Å²) in [5.41, 5.74) is 2.62. The highest BCUT2D eigenvalue weighted by Crippen LogP contribution is 2.29. The average molecular weight is 318 g/mol. The van der Waals surface area contributed by atoms with E-state index in [1.165, 1.54) is 4.90 Å². The van der Waals surface area contributed by atoms with Crippen LogP contribution in [-0.4, -0.2) is 13.0 Å². The molecule has 21 heavy (non-hydrogen) atoms. The Morgan fingerprint density at radius 3 is 2.24 bits per heavy atom. The second kappa shape index (κ2) is 6.83. The van der Waals surface area contributed by atoms with Crippen LogP contribution < -0.4 is 4.90 Å². The molecule has 0 atom stereocenters. The summed E-state index contributed by atoms with van der Waals surface area (Å²) in [5.74, 6) is -0.238. The Morgan fingerprint density at radius 2 is 1.62 bits per heavy atom. The van der Waals surface area contributed by atoms with E-state index in [-0.39, 0.29) is 10.8 Å². The van der Waals surface area contributed by atoms with Gasteiger partial charge in [-0.3, -0.25) is 4.79 Å². The Labute approximate surface area is 135 Å². The highest BCUT2D eigenvalue weighted by Gasteiger charge is 2.18. The molecule has 2 nitrogen and oxygen atoms in total. The van der Waals surface area contributed by atoms with Gasteiger partial charge in [0.1, 0.15) is 0 Å². The number of rotatable bonds is 3. The van der Waals surface area contributed by atoms with Crippen LogP contribution in [0.4, 0.5) is 5.69 Å². The molecule has 4 heteroatoms. The lowest BCUT2D eigenvalue weighted by Gasteiger charge is -2.18. The largest absolute Gasteiger partial charge is 0.311 e. The zero-order valence-corrected chi connectivity index (χ0v) is 13.5. The van der Waals surface area contributed by atoms with E-state index in [1.54, 1.807) is 7.05 Å². The fraction of sp³-hybridized carbons (Fsp3) is 0.118. The van der Waals surface area contributed by atoms with Crippen molar-refractivity contribution in [3.05, 3.63) is 70.6 Å². The SMILES string of the molecule is Cc1ccccc1/C(Cl)=C(\S)C(=O)N(C)c1ccccc1. The molecule has 2 aromatic carbocycles. The molecule has 0 aromatic heterocycles. The summed E-state index contributed by atoms with van der Waals surface area (Å²) in [6.45, 7) is 1.95. The number of nitrogens with zero attached hydrogens (tertiary/aromatic N) is 1. The molecule has 1 amide bonds. The molecular formula is C17H16ClNOS. The summed E-state index contributed by atoms with van der Waals surface area (Å²) in [6.07, 6.45) is 0. The molecule has 0 unspecified atom stereocenters. The lowest BCUT2D eigenvalue weighted by Crippen LogP contribution is -2.26. The van der Waals surface area contributed by atoms with Gasteiger partial charge in [-0.05, 0) is 30.2 Å². The van der Waals surface area contributed by atoms with Crippen LogP contribution in [0.2, 0.25) is 0 Å². The molecule has 0 spiro atoms. The number of aryl methyl sites for hydroxylation is 1. The van der Waals surface area contributed by atoms with Crippen LogP contribution in [0.3, 0.4) is 0 Å². The predicted molar refractivity (Wildman–Crippen MR) is 92.8 cm³/mol. The van der Waals surface area contributed by atoms with Gasteiger partial charge in [0, 0.05) is 12.7 Å². The smallest absolute Gasteiger partial charge is 0.265 e. The standard InChI is InChI=1S/C17H16ClNOS/c1-12-8-6-7-11-14(12)15(18)16(21)17(20)19(2)13-9-4-3-5-10-13/h3-11,21H,1-2H3/b16-15+. The average Bonchev–Trinajstić information content (AvgIpc) is 2.53. The number of thiol groups is 1. The lowest BCUT2D eigenvalue weighted by atomic mass is 10.1. The third kappa shape index (κ3) is 3.49. The van der Waals surface area contributed by atoms with E-state index in [1.807, 2.05) is 61.5 Å². The zero-order chi connectivity index (χ0) is 15.4. The molecule has 0 aliphatic carbocycles. The van der Waals surface area contributed by atoms with Gasteiger partial charge in [0.25, 0.3) is 5.91 Å². The minimum Gasteiger partial charge on any atom is -0.311 e. The van der Waals surface area contributed by atoms with Crippen LogP contribution in [0.25, 0.3) is 5.03 Å². The molecule has 2 aromatic rings. The van der Waals surface area contributed by atoms with Gasteiger partial charge in [-0.15, -0.1) is 12.6 Å². The predicted octanol–water partition coefficient (Wildman–Crippen LogP) is 4.50. The van der Waals surface area contributed by atoms with Gasteiger partial charge < -0.3 is 4.90 Å². The molecule has 0 bridgehead atoms. The van der Waals surface area contributed by atoms with Gasteiger partial charge in [-0.25, -0.2) is 0 Å². The summed E-state index contributed by atoms with van der Waals surface area (Å²) in [7, 11) is 1.70. The quantitative estimate of drug-likeness (QED) is 0.653. The number of likely N-dealkylation sites (N-methyl/N-ethyl adjacent to an activating group) is 1. The third-order valence-electron chi connectivity index (χ3n) is 3.24. The van der Waals surface area contributed by atoms with Crippen molar-refractivity contribution < 1.29 is 4.79 Å². The molecule has 108 valence electrons. The maximum Gasteiger partial charge on any atom is 0.265 e. The van der Waals surface area contributed by atoms with Crippen molar-refractivity contribution in [2.75, 3.05) is 11.9 Å². The summed E-state index contributed by atoms with van der Waals surface area (Å²) in [4.78, 5) is 14.2. The third-order valence-corrected chi connectivity index (χ3v) is 4.18. The number of benzene rings is 2. The minimum atomic E-state index is -0.238. The van der Waals surface area contributed by atoms with Crippen LogP contribution in [0, 0.1) is 6.92 Å². The Hall–Kier alpha value is -1.71. The van der Waals surface area contributed by atoms with Crippen molar-refractivity contribution in [1.82, 2.24) is 0 Å². The molecule has 0 saturated heterocycles. The lowest BCUT2D eigenvalue weighted by molar-refractivity contribution is -0.114. The first-order valence-corrected chi connectivity index (χ1v) is 7.32. The maximum absolute atomic E-state index is 12.5. The Balaban J connectivity index is 2.34.